The molecular formula is C12H13BrN2O2. The van der Waals surface area contributed by atoms with Crippen LogP contribution in [0.4, 0.5) is 0 Å². The van der Waals surface area contributed by atoms with E-state index in [4.69, 9.17) is 10.3 Å². The molecule has 0 radical (unpaired) electrons. The Labute approximate surface area is 108 Å². The topological polar surface area (TPSA) is 62.7 Å². The van der Waals surface area contributed by atoms with Gasteiger partial charge in [0.1, 0.15) is 5.60 Å². The van der Waals surface area contributed by atoms with Gasteiger partial charge in [-0.15, -0.1) is 0 Å². The van der Waals surface area contributed by atoms with Crippen molar-refractivity contribution >= 4 is 27.6 Å². The highest BCUT2D eigenvalue weighted by Crippen LogP contribution is 2.14. The summed E-state index contributed by atoms with van der Waals surface area (Å²) in [6, 6.07) is 6.91. The molecule has 0 amide bonds. The van der Waals surface area contributed by atoms with E-state index in [-0.39, 0.29) is 5.71 Å². The molecule has 0 aliphatic heterocycles. The molecule has 0 heterocycles. The zero-order valence-corrected chi connectivity index (χ0v) is 11.5. The van der Waals surface area contributed by atoms with E-state index in [0.29, 0.717) is 5.56 Å². The van der Waals surface area contributed by atoms with Crippen molar-refractivity contribution in [2.75, 3.05) is 0 Å². The number of nitrogens with zero attached hydrogens (tertiary/aromatic N) is 2. The lowest BCUT2D eigenvalue weighted by Gasteiger charge is -2.17. The third kappa shape index (κ3) is 4.13. The Bertz CT molecular complexity index is 486. The number of hydrogen-bond donors (Lipinski definition) is 0. The fourth-order valence-corrected chi connectivity index (χ4v) is 1.58. The maximum atomic E-state index is 11.8. The van der Waals surface area contributed by atoms with Crippen LogP contribution in [0.5, 0.6) is 0 Å². The summed E-state index contributed by atoms with van der Waals surface area (Å²) in [5, 5.41) is 0. The predicted octanol–water partition coefficient (Wildman–Crippen LogP) is 2.81. The SMILES string of the molecule is CC(C)(C)OC(=O)C(=[N+]=[N-])c1cccc(Br)c1. The zero-order chi connectivity index (χ0) is 13.1. The molecule has 90 valence electrons. The third-order valence-electron chi connectivity index (χ3n) is 1.79. The molecule has 0 saturated heterocycles. The molecule has 5 heteroatoms. The minimum absolute atomic E-state index is 0.110. The summed E-state index contributed by atoms with van der Waals surface area (Å²) in [6.45, 7) is 5.25. The first-order valence-corrected chi connectivity index (χ1v) is 5.84. The van der Waals surface area contributed by atoms with Gasteiger partial charge in [-0.2, -0.15) is 4.79 Å². The monoisotopic (exact) mass is 296 g/mol. The molecule has 0 fully saturated rings. The molecule has 0 unspecified atom stereocenters. The van der Waals surface area contributed by atoms with Gasteiger partial charge in [0.05, 0.1) is 5.56 Å². The molecule has 0 atom stereocenters. The quantitative estimate of drug-likeness (QED) is 0.365. The van der Waals surface area contributed by atoms with Crippen molar-refractivity contribution < 1.29 is 14.3 Å². The highest BCUT2D eigenvalue weighted by atomic mass is 79.9. The average molecular weight is 297 g/mol. The van der Waals surface area contributed by atoms with Crippen molar-refractivity contribution in [3.63, 3.8) is 0 Å². The normalized spacial score (nSPS) is 10.6. The van der Waals surface area contributed by atoms with Crippen LogP contribution >= 0.6 is 15.9 Å². The van der Waals surface area contributed by atoms with Crippen LogP contribution < -0.4 is 0 Å². The average Bonchev–Trinajstić information content (AvgIpc) is 2.15. The Balaban J connectivity index is 3.02. The van der Waals surface area contributed by atoms with Crippen LogP contribution in [0.3, 0.4) is 0 Å². The number of esters is 1. The number of ether oxygens (including phenoxy) is 1. The number of halogens is 1. The van der Waals surface area contributed by atoms with Crippen LogP contribution in [0.2, 0.25) is 0 Å². The molecule has 0 aromatic heterocycles. The molecule has 0 aliphatic carbocycles. The van der Waals surface area contributed by atoms with Gasteiger partial charge in [-0.3, -0.25) is 0 Å². The van der Waals surface area contributed by atoms with Gasteiger partial charge in [0.2, 0.25) is 0 Å². The van der Waals surface area contributed by atoms with Crippen molar-refractivity contribution in [3.8, 4) is 0 Å². The summed E-state index contributed by atoms with van der Waals surface area (Å²) < 4.78 is 5.93. The van der Waals surface area contributed by atoms with Crippen LogP contribution in [0.15, 0.2) is 28.7 Å². The van der Waals surface area contributed by atoms with Crippen molar-refractivity contribution in [1.29, 1.82) is 0 Å². The Kier molecular flexibility index (Phi) is 4.21. The molecule has 0 bridgehead atoms. The number of carbonyl (C=O) groups excluding carboxylic acids is 1. The van der Waals surface area contributed by atoms with Gasteiger partial charge < -0.3 is 10.3 Å². The Hall–Kier alpha value is -1.45. The van der Waals surface area contributed by atoms with E-state index in [9.17, 15) is 4.79 Å². The van der Waals surface area contributed by atoms with Gasteiger partial charge in [0, 0.05) is 4.47 Å². The van der Waals surface area contributed by atoms with Gasteiger partial charge in [0.25, 0.3) is 0 Å². The second-order valence-corrected chi connectivity index (χ2v) is 5.38. The summed E-state index contributed by atoms with van der Waals surface area (Å²) >= 11 is 3.28. The second-order valence-electron chi connectivity index (χ2n) is 4.46. The van der Waals surface area contributed by atoms with Crippen molar-refractivity contribution in [2.45, 2.75) is 26.4 Å². The van der Waals surface area contributed by atoms with Crippen LogP contribution in [-0.2, 0) is 9.53 Å². The second kappa shape index (κ2) is 5.25. The third-order valence-corrected chi connectivity index (χ3v) is 2.28. The minimum Gasteiger partial charge on any atom is -0.451 e. The van der Waals surface area contributed by atoms with E-state index in [1.54, 1.807) is 39.0 Å². The summed E-state index contributed by atoms with van der Waals surface area (Å²) in [4.78, 5) is 14.8. The molecule has 0 aliphatic rings. The zero-order valence-electron chi connectivity index (χ0n) is 9.90. The molecular weight excluding hydrogens is 284 g/mol. The van der Waals surface area contributed by atoms with Gasteiger partial charge in [-0.05, 0) is 39.0 Å². The van der Waals surface area contributed by atoms with Crippen LogP contribution in [-0.4, -0.2) is 22.1 Å². The number of benzene rings is 1. The van der Waals surface area contributed by atoms with Crippen LogP contribution in [0.1, 0.15) is 26.3 Å². The van der Waals surface area contributed by atoms with Gasteiger partial charge in [0.15, 0.2) is 0 Å². The number of carbonyl (C=O) groups is 1. The van der Waals surface area contributed by atoms with E-state index in [1.165, 1.54) is 0 Å². The Morgan fingerprint density at radius 1 is 1.41 bits per heavy atom. The maximum Gasteiger partial charge on any atom is 0.422 e. The lowest BCUT2D eigenvalue weighted by molar-refractivity contribution is -0.150. The highest BCUT2D eigenvalue weighted by Gasteiger charge is 2.29. The van der Waals surface area contributed by atoms with E-state index >= 15 is 0 Å². The lowest BCUT2D eigenvalue weighted by Crippen LogP contribution is -2.30. The number of hydrogen-bond acceptors (Lipinski definition) is 2. The van der Waals surface area contributed by atoms with Gasteiger partial charge in [-0.1, -0.05) is 22.0 Å². The summed E-state index contributed by atoms with van der Waals surface area (Å²) in [5.74, 6) is -0.655. The summed E-state index contributed by atoms with van der Waals surface area (Å²) in [7, 11) is 0. The largest absolute Gasteiger partial charge is 0.451 e. The smallest absolute Gasteiger partial charge is 0.422 e. The van der Waals surface area contributed by atoms with Gasteiger partial charge in [-0.25, -0.2) is 4.79 Å². The Morgan fingerprint density at radius 3 is 2.53 bits per heavy atom. The number of rotatable bonds is 2. The van der Waals surface area contributed by atoms with Crippen molar-refractivity contribution in [1.82, 2.24) is 0 Å². The van der Waals surface area contributed by atoms with E-state index < -0.39 is 11.6 Å². The maximum absolute atomic E-state index is 11.8. The molecule has 1 aromatic carbocycles. The predicted molar refractivity (Wildman–Crippen MR) is 67.7 cm³/mol. The summed E-state index contributed by atoms with van der Waals surface area (Å²) in [6.07, 6.45) is 0. The minimum atomic E-state index is -0.655. The molecule has 1 rings (SSSR count). The van der Waals surface area contributed by atoms with E-state index in [0.717, 1.165) is 4.47 Å². The first-order valence-electron chi connectivity index (χ1n) is 5.05. The van der Waals surface area contributed by atoms with Crippen molar-refractivity contribution in [3.05, 3.63) is 39.8 Å². The van der Waals surface area contributed by atoms with Crippen LogP contribution in [0, 0.1) is 0 Å². The molecule has 0 N–H and O–H groups in total. The van der Waals surface area contributed by atoms with E-state index in [2.05, 4.69) is 20.7 Å². The molecule has 17 heavy (non-hydrogen) atoms. The fourth-order valence-electron chi connectivity index (χ4n) is 1.18. The first-order chi connectivity index (χ1) is 7.83. The molecule has 1 aromatic rings. The lowest BCUT2D eigenvalue weighted by atomic mass is 10.1. The van der Waals surface area contributed by atoms with Gasteiger partial charge >= 0.3 is 11.7 Å². The standard InChI is InChI=1S/C12H13BrN2O2/c1-12(2,3)17-11(16)10(15-14)8-5-4-6-9(13)7-8/h4-7H,1-3H3. The summed E-state index contributed by atoms with van der Waals surface area (Å²) in [5.41, 5.74) is 8.67. The first kappa shape index (κ1) is 13.6. The van der Waals surface area contributed by atoms with E-state index in [1.807, 2.05) is 6.07 Å². The molecule has 4 nitrogen and oxygen atoms in total. The highest BCUT2D eigenvalue weighted by molar-refractivity contribution is 9.10. The van der Waals surface area contributed by atoms with Crippen LogP contribution in [0.25, 0.3) is 5.53 Å². The fraction of sp³-hybridized carbons (Fsp3) is 0.333. The molecule has 0 saturated carbocycles. The Morgan fingerprint density at radius 2 is 2.06 bits per heavy atom. The van der Waals surface area contributed by atoms with Crippen molar-refractivity contribution in [2.24, 2.45) is 0 Å². The molecule has 0 spiro atoms.